The second kappa shape index (κ2) is 3.11. The maximum Gasteiger partial charge on any atom is 0.00341 e. The van der Waals surface area contributed by atoms with Crippen molar-refractivity contribution in [3.8, 4) is 0 Å². The molecule has 0 aromatic heterocycles. The van der Waals surface area contributed by atoms with E-state index < -0.39 is 0 Å². The van der Waals surface area contributed by atoms with Crippen molar-refractivity contribution < 1.29 is 0 Å². The van der Waals surface area contributed by atoms with Crippen LogP contribution in [0.4, 0.5) is 0 Å². The van der Waals surface area contributed by atoms with Gasteiger partial charge in [-0.1, -0.05) is 6.92 Å². The Kier molecular flexibility index (Phi) is 2.14. The highest BCUT2D eigenvalue weighted by Gasteiger charge is 2.24. The van der Waals surface area contributed by atoms with E-state index in [1.807, 2.05) is 0 Å². The van der Waals surface area contributed by atoms with E-state index in [9.17, 15) is 0 Å². The molecule has 0 radical (unpaired) electrons. The van der Waals surface area contributed by atoms with Gasteiger partial charge in [0, 0.05) is 26.2 Å². The summed E-state index contributed by atoms with van der Waals surface area (Å²) in [5.74, 6) is 1.91. The van der Waals surface area contributed by atoms with Gasteiger partial charge in [0.15, 0.2) is 0 Å². The molecule has 0 amide bonds. The molecule has 2 aliphatic heterocycles. The molecule has 1 atom stereocenters. The Hall–Kier alpha value is -0.0800. The predicted molar refractivity (Wildman–Crippen MR) is 46.6 cm³/mol. The van der Waals surface area contributed by atoms with Crippen molar-refractivity contribution in [3.63, 3.8) is 0 Å². The average molecular weight is 154 g/mol. The van der Waals surface area contributed by atoms with Crippen molar-refractivity contribution >= 4 is 0 Å². The Morgan fingerprint density at radius 3 is 2.73 bits per heavy atom. The Balaban J connectivity index is 1.70. The van der Waals surface area contributed by atoms with Crippen LogP contribution in [0.1, 0.15) is 13.3 Å². The molecule has 2 saturated heterocycles. The van der Waals surface area contributed by atoms with Crippen LogP contribution in [0.25, 0.3) is 0 Å². The van der Waals surface area contributed by atoms with Gasteiger partial charge in [0.2, 0.25) is 0 Å². The maximum atomic E-state index is 3.32. The van der Waals surface area contributed by atoms with Gasteiger partial charge in [-0.15, -0.1) is 0 Å². The molecule has 0 saturated carbocycles. The molecule has 0 spiro atoms. The number of nitrogens with zero attached hydrogens (tertiary/aromatic N) is 1. The molecule has 1 unspecified atom stereocenters. The summed E-state index contributed by atoms with van der Waals surface area (Å²) in [5, 5.41) is 3.32. The zero-order chi connectivity index (χ0) is 7.68. The van der Waals surface area contributed by atoms with Gasteiger partial charge in [0.05, 0.1) is 0 Å². The van der Waals surface area contributed by atoms with Crippen LogP contribution in [0.2, 0.25) is 0 Å². The van der Waals surface area contributed by atoms with E-state index in [-0.39, 0.29) is 0 Å². The fraction of sp³-hybridized carbons (Fsp3) is 1.00. The van der Waals surface area contributed by atoms with Crippen molar-refractivity contribution in [1.29, 1.82) is 0 Å². The van der Waals surface area contributed by atoms with Crippen LogP contribution in [0, 0.1) is 11.8 Å². The first kappa shape index (κ1) is 7.56. The minimum atomic E-state index is 0.947. The summed E-state index contributed by atoms with van der Waals surface area (Å²) in [4.78, 5) is 2.62. The van der Waals surface area contributed by atoms with Gasteiger partial charge in [-0.05, 0) is 24.8 Å². The molecule has 2 heteroatoms. The highest BCUT2D eigenvalue weighted by Crippen LogP contribution is 2.17. The van der Waals surface area contributed by atoms with Gasteiger partial charge in [-0.2, -0.15) is 0 Å². The van der Waals surface area contributed by atoms with E-state index in [1.54, 1.807) is 0 Å². The molecule has 2 nitrogen and oxygen atoms in total. The molecule has 0 aliphatic carbocycles. The molecule has 2 aliphatic rings. The topological polar surface area (TPSA) is 15.3 Å². The highest BCUT2D eigenvalue weighted by molar-refractivity contribution is 4.81. The molecule has 11 heavy (non-hydrogen) atoms. The Bertz CT molecular complexity index is 132. The van der Waals surface area contributed by atoms with Crippen molar-refractivity contribution in [2.75, 3.05) is 32.7 Å². The number of likely N-dealkylation sites (tertiary alicyclic amines) is 1. The monoisotopic (exact) mass is 154 g/mol. The van der Waals surface area contributed by atoms with Gasteiger partial charge < -0.3 is 10.2 Å². The van der Waals surface area contributed by atoms with Gasteiger partial charge in [0.25, 0.3) is 0 Å². The van der Waals surface area contributed by atoms with Gasteiger partial charge in [0.1, 0.15) is 0 Å². The van der Waals surface area contributed by atoms with Crippen LogP contribution in [0.3, 0.4) is 0 Å². The van der Waals surface area contributed by atoms with E-state index in [4.69, 9.17) is 0 Å². The molecule has 1 N–H and O–H groups in total. The molecular formula is C9H18N2. The first-order valence-corrected chi connectivity index (χ1v) is 4.77. The van der Waals surface area contributed by atoms with Crippen LogP contribution < -0.4 is 5.32 Å². The first-order chi connectivity index (χ1) is 5.34. The average Bonchev–Trinajstić information content (AvgIpc) is 2.27. The van der Waals surface area contributed by atoms with Crippen LogP contribution in [0.5, 0.6) is 0 Å². The summed E-state index contributed by atoms with van der Waals surface area (Å²) >= 11 is 0. The number of hydrogen-bond donors (Lipinski definition) is 1. The van der Waals surface area contributed by atoms with Crippen LogP contribution in [-0.4, -0.2) is 37.6 Å². The van der Waals surface area contributed by atoms with Crippen molar-refractivity contribution in [1.82, 2.24) is 10.2 Å². The molecule has 0 aromatic rings. The predicted octanol–water partition coefficient (Wildman–Crippen LogP) is 0.548. The second-order valence-corrected chi connectivity index (χ2v) is 4.18. The van der Waals surface area contributed by atoms with Crippen molar-refractivity contribution in [3.05, 3.63) is 0 Å². The third-order valence-corrected chi connectivity index (χ3v) is 2.89. The molecule has 64 valence electrons. The first-order valence-electron chi connectivity index (χ1n) is 4.77. The largest absolute Gasteiger partial charge is 0.316 e. The third kappa shape index (κ3) is 1.74. The summed E-state index contributed by atoms with van der Waals surface area (Å²) in [6.07, 6.45) is 1.42. The van der Waals surface area contributed by atoms with Crippen molar-refractivity contribution in [2.45, 2.75) is 13.3 Å². The summed E-state index contributed by atoms with van der Waals surface area (Å²) < 4.78 is 0. The molecule has 2 rings (SSSR count). The Labute approximate surface area is 69.0 Å². The van der Waals surface area contributed by atoms with Gasteiger partial charge >= 0.3 is 0 Å². The highest BCUT2D eigenvalue weighted by atomic mass is 15.2. The quantitative estimate of drug-likeness (QED) is 0.625. The van der Waals surface area contributed by atoms with Crippen LogP contribution in [-0.2, 0) is 0 Å². The Morgan fingerprint density at radius 2 is 2.27 bits per heavy atom. The van der Waals surface area contributed by atoms with E-state index in [0.717, 1.165) is 11.8 Å². The number of rotatable bonds is 2. The summed E-state index contributed by atoms with van der Waals surface area (Å²) in [6.45, 7) is 8.90. The van der Waals surface area contributed by atoms with E-state index in [1.165, 1.54) is 39.1 Å². The van der Waals surface area contributed by atoms with Crippen LogP contribution in [0.15, 0.2) is 0 Å². The van der Waals surface area contributed by atoms with Gasteiger partial charge in [-0.25, -0.2) is 0 Å². The SMILES string of the molecule is CC1CCN(CC2CNC2)C1. The van der Waals surface area contributed by atoms with E-state index >= 15 is 0 Å². The van der Waals surface area contributed by atoms with Gasteiger partial charge in [-0.3, -0.25) is 0 Å². The minimum Gasteiger partial charge on any atom is -0.316 e. The molecule has 0 bridgehead atoms. The third-order valence-electron chi connectivity index (χ3n) is 2.89. The fourth-order valence-electron chi connectivity index (χ4n) is 2.03. The normalized spacial score (nSPS) is 34.1. The number of nitrogens with one attached hydrogen (secondary N) is 1. The van der Waals surface area contributed by atoms with E-state index in [2.05, 4.69) is 17.1 Å². The smallest absolute Gasteiger partial charge is 0.00341 e. The van der Waals surface area contributed by atoms with Crippen molar-refractivity contribution in [2.24, 2.45) is 11.8 Å². The lowest BCUT2D eigenvalue weighted by molar-refractivity contribution is 0.220. The lowest BCUT2D eigenvalue weighted by atomic mass is 10.0. The second-order valence-electron chi connectivity index (χ2n) is 4.18. The summed E-state index contributed by atoms with van der Waals surface area (Å²) in [5.41, 5.74) is 0. The lowest BCUT2D eigenvalue weighted by Crippen LogP contribution is -2.47. The summed E-state index contributed by atoms with van der Waals surface area (Å²) in [7, 11) is 0. The molecule has 2 fully saturated rings. The Morgan fingerprint density at radius 1 is 1.45 bits per heavy atom. The number of hydrogen-bond acceptors (Lipinski definition) is 2. The molecular weight excluding hydrogens is 136 g/mol. The zero-order valence-electron chi connectivity index (χ0n) is 7.34. The molecule has 2 heterocycles. The maximum absolute atomic E-state index is 3.32. The standard InChI is InChI=1S/C9H18N2/c1-8-2-3-11(6-8)7-9-4-10-5-9/h8-10H,2-7H2,1H3. The fourth-order valence-corrected chi connectivity index (χ4v) is 2.03. The summed E-state index contributed by atoms with van der Waals surface area (Å²) in [6, 6.07) is 0. The van der Waals surface area contributed by atoms with E-state index in [0.29, 0.717) is 0 Å². The lowest BCUT2D eigenvalue weighted by Gasteiger charge is -2.31. The minimum absolute atomic E-state index is 0.947. The van der Waals surface area contributed by atoms with Crippen LogP contribution >= 0.6 is 0 Å². The zero-order valence-corrected chi connectivity index (χ0v) is 7.34. The molecule has 0 aromatic carbocycles.